The summed E-state index contributed by atoms with van der Waals surface area (Å²) in [5.74, 6) is 0.333. The van der Waals surface area contributed by atoms with E-state index in [1.54, 1.807) is 66.9 Å². The van der Waals surface area contributed by atoms with Gasteiger partial charge in [-0.2, -0.15) is 0 Å². The molecule has 0 aliphatic rings. The lowest BCUT2D eigenvalue weighted by atomic mass is 10.1. The van der Waals surface area contributed by atoms with Crippen LogP contribution >= 0.6 is 11.3 Å². The van der Waals surface area contributed by atoms with Crippen LogP contribution in [0.4, 0.5) is 5.13 Å². The Morgan fingerprint density at radius 2 is 1.97 bits per heavy atom. The van der Waals surface area contributed by atoms with Gasteiger partial charge in [0.15, 0.2) is 15.0 Å². The monoisotopic (exact) mass is 453 g/mol. The number of hydrogen-bond acceptors (Lipinski definition) is 7. The number of carbonyl (C=O) groups excluding carboxylic acids is 1. The Kier molecular flexibility index (Phi) is 5.71. The van der Waals surface area contributed by atoms with Crippen molar-refractivity contribution >= 4 is 42.4 Å². The maximum Gasteiger partial charge on any atom is 0.260 e. The Labute approximate surface area is 183 Å². The van der Waals surface area contributed by atoms with Crippen LogP contribution < -0.4 is 9.64 Å². The molecule has 0 fully saturated rings. The van der Waals surface area contributed by atoms with Gasteiger partial charge in [-0.3, -0.25) is 14.7 Å². The zero-order valence-electron chi connectivity index (χ0n) is 16.8. The Morgan fingerprint density at radius 1 is 1.13 bits per heavy atom. The number of carbonyl (C=O) groups is 1. The molecule has 0 unspecified atom stereocenters. The number of nitrogens with zero attached hydrogens (tertiary/aromatic N) is 3. The van der Waals surface area contributed by atoms with Crippen LogP contribution in [0.15, 0.2) is 71.9 Å². The quantitative estimate of drug-likeness (QED) is 0.439. The summed E-state index contributed by atoms with van der Waals surface area (Å²) in [6.45, 7) is 0.267. The zero-order chi connectivity index (χ0) is 22.0. The van der Waals surface area contributed by atoms with Gasteiger partial charge in [0.25, 0.3) is 5.91 Å². The normalized spacial score (nSPS) is 11.4. The summed E-state index contributed by atoms with van der Waals surface area (Å²) in [7, 11) is -1.80. The summed E-state index contributed by atoms with van der Waals surface area (Å²) in [6, 6.07) is 15.4. The molecule has 0 aliphatic carbocycles. The van der Waals surface area contributed by atoms with Crippen LogP contribution in [0.5, 0.6) is 5.75 Å². The highest BCUT2D eigenvalue weighted by atomic mass is 32.2. The fourth-order valence-corrected chi connectivity index (χ4v) is 4.78. The minimum absolute atomic E-state index is 0.216. The Hall–Kier alpha value is -3.30. The SMILES string of the molecule is COc1cccc(C(=O)N(Cc2cccnc2)c2nc3ccc(S(C)(=O)=O)cc3s2)c1. The van der Waals surface area contributed by atoms with Crippen molar-refractivity contribution in [2.45, 2.75) is 11.4 Å². The number of hydrogen-bond donors (Lipinski definition) is 0. The number of sulfone groups is 1. The number of ether oxygens (including phenoxy) is 1. The summed E-state index contributed by atoms with van der Waals surface area (Å²) in [4.78, 5) is 24.0. The van der Waals surface area contributed by atoms with Crippen LogP contribution in [0, 0.1) is 0 Å². The second-order valence-corrected chi connectivity index (χ2v) is 9.91. The van der Waals surface area contributed by atoms with Crippen molar-refractivity contribution in [1.29, 1.82) is 0 Å². The van der Waals surface area contributed by atoms with E-state index in [1.165, 1.54) is 17.4 Å². The Morgan fingerprint density at radius 3 is 2.68 bits per heavy atom. The minimum Gasteiger partial charge on any atom is -0.497 e. The van der Waals surface area contributed by atoms with Gasteiger partial charge in [0.05, 0.1) is 28.8 Å². The predicted octanol–water partition coefficient (Wildman–Crippen LogP) is 3.95. The van der Waals surface area contributed by atoms with E-state index in [4.69, 9.17) is 4.74 Å². The molecule has 0 N–H and O–H groups in total. The van der Waals surface area contributed by atoms with E-state index in [1.807, 2.05) is 6.07 Å². The van der Waals surface area contributed by atoms with Gasteiger partial charge >= 0.3 is 0 Å². The van der Waals surface area contributed by atoms with Gasteiger partial charge in [-0.25, -0.2) is 13.4 Å². The molecule has 158 valence electrons. The van der Waals surface area contributed by atoms with Gasteiger partial charge in [-0.05, 0) is 48.0 Å². The second kappa shape index (κ2) is 8.44. The van der Waals surface area contributed by atoms with Crippen LogP contribution in [0.1, 0.15) is 15.9 Å². The van der Waals surface area contributed by atoms with E-state index in [-0.39, 0.29) is 17.3 Å². The van der Waals surface area contributed by atoms with E-state index >= 15 is 0 Å². The number of anilines is 1. The maximum atomic E-state index is 13.4. The van der Waals surface area contributed by atoms with Gasteiger partial charge in [0.1, 0.15) is 5.75 Å². The molecule has 4 aromatic rings. The summed E-state index contributed by atoms with van der Waals surface area (Å²) in [5, 5.41) is 0.470. The molecular weight excluding hydrogens is 434 g/mol. The van der Waals surface area contributed by atoms with Crippen LogP contribution in [0.3, 0.4) is 0 Å². The molecule has 4 rings (SSSR count). The number of benzene rings is 2. The van der Waals surface area contributed by atoms with Gasteiger partial charge in [0.2, 0.25) is 0 Å². The molecule has 0 bridgehead atoms. The van der Waals surface area contributed by atoms with Crippen molar-refractivity contribution in [3.8, 4) is 5.75 Å². The third kappa shape index (κ3) is 4.57. The lowest BCUT2D eigenvalue weighted by Gasteiger charge is -2.20. The summed E-state index contributed by atoms with van der Waals surface area (Å²) in [5.41, 5.74) is 1.93. The number of pyridine rings is 1. The second-order valence-electron chi connectivity index (χ2n) is 6.88. The molecule has 0 saturated heterocycles. The lowest BCUT2D eigenvalue weighted by Crippen LogP contribution is -2.30. The molecule has 7 nitrogen and oxygen atoms in total. The first-order valence-corrected chi connectivity index (χ1v) is 12.0. The molecule has 2 heterocycles. The van der Waals surface area contributed by atoms with Crippen molar-refractivity contribution in [1.82, 2.24) is 9.97 Å². The van der Waals surface area contributed by atoms with Crippen molar-refractivity contribution in [3.63, 3.8) is 0 Å². The fourth-order valence-electron chi connectivity index (χ4n) is 3.05. The van der Waals surface area contributed by atoms with Gasteiger partial charge in [0, 0.05) is 24.2 Å². The average molecular weight is 454 g/mol. The fraction of sp³-hybridized carbons (Fsp3) is 0.136. The number of amides is 1. The van der Waals surface area contributed by atoms with Crippen molar-refractivity contribution in [2.24, 2.45) is 0 Å². The highest BCUT2D eigenvalue weighted by Crippen LogP contribution is 2.32. The standard InChI is InChI=1S/C22H19N3O4S2/c1-29-17-7-3-6-16(11-17)21(26)25(14-15-5-4-10-23-13-15)22-24-19-9-8-18(31(2,27)28)12-20(19)30-22/h3-13H,14H2,1-2H3. The molecule has 2 aromatic heterocycles. The lowest BCUT2D eigenvalue weighted by molar-refractivity contribution is 0.0984. The predicted molar refractivity (Wildman–Crippen MR) is 120 cm³/mol. The van der Waals surface area contributed by atoms with Gasteiger partial charge in [-0.15, -0.1) is 0 Å². The first kappa shape index (κ1) is 21.0. The number of aromatic nitrogens is 2. The molecule has 0 aliphatic heterocycles. The Balaban J connectivity index is 1.79. The zero-order valence-corrected chi connectivity index (χ0v) is 18.5. The molecule has 0 atom stereocenters. The van der Waals surface area contributed by atoms with Gasteiger partial charge in [-0.1, -0.05) is 23.5 Å². The molecule has 1 amide bonds. The third-order valence-electron chi connectivity index (χ3n) is 4.63. The minimum atomic E-state index is -3.34. The Bertz CT molecular complexity index is 1350. The van der Waals surface area contributed by atoms with Crippen LogP contribution in [0.2, 0.25) is 0 Å². The van der Waals surface area contributed by atoms with Crippen molar-refractivity contribution < 1.29 is 17.9 Å². The molecular formula is C22H19N3O4S2. The number of thiazole rings is 1. The van der Waals surface area contributed by atoms with Gasteiger partial charge < -0.3 is 4.74 Å². The summed E-state index contributed by atoms with van der Waals surface area (Å²) in [6.07, 6.45) is 4.53. The highest BCUT2D eigenvalue weighted by Gasteiger charge is 2.23. The topological polar surface area (TPSA) is 89.5 Å². The van der Waals surface area contributed by atoms with Crippen LogP contribution in [-0.4, -0.2) is 37.7 Å². The summed E-state index contributed by atoms with van der Waals surface area (Å²) < 4.78 is 29.8. The van der Waals surface area contributed by atoms with E-state index in [0.29, 0.717) is 26.7 Å². The highest BCUT2D eigenvalue weighted by molar-refractivity contribution is 7.90. The number of methoxy groups -OCH3 is 1. The average Bonchev–Trinajstić information content (AvgIpc) is 3.20. The van der Waals surface area contributed by atoms with Crippen molar-refractivity contribution in [2.75, 3.05) is 18.3 Å². The maximum absolute atomic E-state index is 13.4. The molecule has 2 aromatic carbocycles. The first-order chi connectivity index (χ1) is 14.8. The van der Waals surface area contributed by atoms with E-state index in [9.17, 15) is 13.2 Å². The summed E-state index contributed by atoms with van der Waals surface area (Å²) >= 11 is 1.27. The van der Waals surface area contributed by atoms with E-state index < -0.39 is 9.84 Å². The van der Waals surface area contributed by atoms with E-state index in [0.717, 1.165) is 11.8 Å². The molecule has 0 saturated carbocycles. The first-order valence-electron chi connectivity index (χ1n) is 9.30. The number of rotatable bonds is 6. The van der Waals surface area contributed by atoms with Crippen LogP contribution in [-0.2, 0) is 16.4 Å². The number of fused-ring (bicyclic) bond motifs is 1. The van der Waals surface area contributed by atoms with Crippen LogP contribution in [0.25, 0.3) is 10.2 Å². The van der Waals surface area contributed by atoms with Crippen molar-refractivity contribution in [3.05, 3.63) is 78.1 Å². The molecule has 0 spiro atoms. The smallest absolute Gasteiger partial charge is 0.260 e. The molecule has 31 heavy (non-hydrogen) atoms. The largest absolute Gasteiger partial charge is 0.497 e. The van der Waals surface area contributed by atoms with E-state index in [2.05, 4.69) is 9.97 Å². The molecule has 0 radical (unpaired) electrons. The third-order valence-corrected chi connectivity index (χ3v) is 6.78. The molecule has 9 heteroatoms.